The van der Waals surface area contributed by atoms with Gasteiger partial charge in [0.15, 0.2) is 11.5 Å². The summed E-state index contributed by atoms with van der Waals surface area (Å²) in [5.41, 5.74) is 6.72. The lowest BCUT2D eigenvalue weighted by molar-refractivity contribution is 0.0957. The molecule has 0 saturated carbocycles. The Labute approximate surface area is 97.7 Å². The lowest BCUT2D eigenvalue weighted by Crippen LogP contribution is -2.18. The van der Waals surface area contributed by atoms with E-state index in [9.17, 15) is 4.79 Å². The van der Waals surface area contributed by atoms with E-state index in [0.29, 0.717) is 17.3 Å². The highest BCUT2D eigenvalue weighted by Gasteiger charge is 2.11. The van der Waals surface area contributed by atoms with Crippen LogP contribution in [0.15, 0.2) is 18.6 Å². The Balaban J connectivity index is 2.44. The Kier molecular flexibility index (Phi) is 2.73. The van der Waals surface area contributed by atoms with Crippen molar-refractivity contribution in [2.75, 3.05) is 12.8 Å². The van der Waals surface area contributed by atoms with Crippen LogP contribution in [0, 0.1) is 6.92 Å². The van der Waals surface area contributed by atoms with Crippen LogP contribution in [-0.4, -0.2) is 32.7 Å². The number of carbonyl (C=O) groups is 1. The molecule has 0 aliphatic carbocycles. The Morgan fingerprint density at radius 1 is 1.47 bits per heavy atom. The highest BCUT2D eigenvalue weighted by Crippen LogP contribution is 2.14. The van der Waals surface area contributed by atoms with Crippen molar-refractivity contribution in [1.82, 2.24) is 25.1 Å². The minimum Gasteiger partial charge on any atom is -0.383 e. The highest BCUT2D eigenvalue weighted by atomic mass is 16.1. The molecule has 0 aromatic carbocycles. The third kappa shape index (κ3) is 1.94. The number of nitrogens with two attached hydrogens (primary N) is 1. The molecule has 0 aliphatic rings. The van der Waals surface area contributed by atoms with Gasteiger partial charge in [-0.25, -0.2) is 14.6 Å². The van der Waals surface area contributed by atoms with Crippen molar-refractivity contribution in [2.24, 2.45) is 0 Å². The lowest BCUT2D eigenvalue weighted by atomic mass is 10.3. The summed E-state index contributed by atoms with van der Waals surface area (Å²) < 4.78 is 1.50. The quantitative estimate of drug-likeness (QED) is 0.754. The Morgan fingerprint density at radius 2 is 2.24 bits per heavy atom. The van der Waals surface area contributed by atoms with Crippen LogP contribution in [0.2, 0.25) is 0 Å². The fourth-order valence-corrected chi connectivity index (χ4v) is 1.38. The number of nitrogens with zero attached hydrogens (tertiary/aromatic N) is 4. The largest absolute Gasteiger partial charge is 0.383 e. The number of nitrogen functional groups attached to an aromatic ring is 1. The molecule has 88 valence electrons. The van der Waals surface area contributed by atoms with Crippen LogP contribution in [0.1, 0.15) is 16.1 Å². The molecule has 2 heterocycles. The second-order valence-electron chi connectivity index (χ2n) is 3.43. The van der Waals surface area contributed by atoms with Crippen LogP contribution in [-0.2, 0) is 0 Å². The van der Waals surface area contributed by atoms with Crippen LogP contribution in [0.5, 0.6) is 0 Å². The van der Waals surface area contributed by atoms with E-state index < -0.39 is 0 Å². The monoisotopic (exact) mass is 232 g/mol. The minimum absolute atomic E-state index is 0.247. The summed E-state index contributed by atoms with van der Waals surface area (Å²) in [4.78, 5) is 19.3. The number of nitrogens with one attached hydrogen (secondary N) is 1. The first-order chi connectivity index (χ1) is 8.13. The first-order valence-corrected chi connectivity index (χ1v) is 4.98. The van der Waals surface area contributed by atoms with E-state index in [4.69, 9.17) is 5.73 Å². The van der Waals surface area contributed by atoms with Crippen LogP contribution in [0.25, 0.3) is 5.82 Å². The van der Waals surface area contributed by atoms with Gasteiger partial charge in [-0.2, -0.15) is 5.10 Å². The summed E-state index contributed by atoms with van der Waals surface area (Å²) in [5.74, 6) is 0.711. The molecule has 0 fully saturated rings. The molecule has 0 aliphatic heterocycles. The summed E-state index contributed by atoms with van der Waals surface area (Å²) in [6.07, 6.45) is 3.01. The number of rotatable bonds is 2. The Hall–Kier alpha value is -2.44. The number of carbonyl (C=O) groups excluding carboxylic acids is 1. The zero-order valence-electron chi connectivity index (χ0n) is 9.51. The van der Waals surface area contributed by atoms with Crippen molar-refractivity contribution in [3.8, 4) is 5.82 Å². The average molecular weight is 232 g/mol. The average Bonchev–Trinajstić information content (AvgIpc) is 2.81. The normalized spacial score (nSPS) is 10.2. The first-order valence-electron chi connectivity index (χ1n) is 4.98. The SMILES string of the molecule is CNC(=O)c1ccn(-c2ncnc(N)c2C)n1. The fourth-order valence-electron chi connectivity index (χ4n) is 1.38. The van der Waals surface area contributed by atoms with Gasteiger partial charge in [0, 0.05) is 18.8 Å². The van der Waals surface area contributed by atoms with Gasteiger partial charge in [0.05, 0.1) is 0 Å². The van der Waals surface area contributed by atoms with Gasteiger partial charge in [0.2, 0.25) is 0 Å². The molecule has 0 spiro atoms. The molecule has 2 aromatic heterocycles. The van der Waals surface area contributed by atoms with E-state index in [1.54, 1.807) is 26.2 Å². The molecule has 2 aromatic rings. The number of hydrogen-bond acceptors (Lipinski definition) is 5. The second-order valence-corrected chi connectivity index (χ2v) is 3.43. The standard InChI is InChI=1S/C10H12N6O/c1-6-8(11)13-5-14-9(6)16-4-3-7(15-16)10(17)12-2/h3-5H,1-2H3,(H,12,17)(H2,11,13,14). The van der Waals surface area contributed by atoms with E-state index in [1.807, 2.05) is 0 Å². The molecule has 0 saturated heterocycles. The Morgan fingerprint density at radius 3 is 2.94 bits per heavy atom. The second kappa shape index (κ2) is 4.20. The number of aromatic nitrogens is 4. The smallest absolute Gasteiger partial charge is 0.271 e. The van der Waals surface area contributed by atoms with Gasteiger partial charge in [-0.3, -0.25) is 4.79 Å². The molecule has 0 radical (unpaired) electrons. The van der Waals surface area contributed by atoms with Crippen molar-refractivity contribution in [2.45, 2.75) is 6.92 Å². The molecule has 1 amide bonds. The summed E-state index contributed by atoms with van der Waals surface area (Å²) in [6.45, 7) is 1.80. The highest BCUT2D eigenvalue weighted by molar-refractivity contribution is 5.91. The van der Waals surface area contributed by atoms with Gasteiger partial charge >= 0.3 is 0 Å². The number of anilines is 1. The predicted octanol–water partition coefficient (Wildman–Crippen LogP) is -0.0875. The van der Waals surface area contributed by atoms with Gasteiger partial charge in [-0.15, -0.1) is 0 Å². The number of amides is 1. The predicted molar refractivity (Wildman–Crippen MR) is 61.7 cm³/mol. The molecule has 2 rings (SSSR count). The molecule has 0 unspecified atom stereocenters. The molecular formula is C10H12N6O. The zero-order valence-corrected chi connectivity index (χ0v) is 9.51. The molecular weight excluding hydrogens is 220 g/mol. The molecule has 7 nitrogen and oxygen atoms in total. The number of hydrogen-bond donors (Lipinski definition) is 2. The fraction of sp³-hybridized carbons (Fsp3) is 0.200. The van der Waals surface area contributed by atoms with Crippen molar-refractivity contribution in [3.05, 3.63) is 29.8 Å². The van der Waals surface area contributed by atoms with Crippen molar-refractivity contribution in [1.29, 1.82) is 0 Å². The maximum atomic E-state index is 11.4. The molecule has 7 heteroatoms. The van der Waals surface area contributed by atoms with Crippen molar-refractivity contribution >= 4 is 11.7 Å². The van der Waals surface area contributed by atoms with E-state index in [-0.39, 0.29) is 5.91 Å². The minimum atomic E-state index is -0.247. The first kappa shape index (κ1) is 11.1. The van der Waals surface area contributed by atoms with E-state index >= 15 is 0 Å². The summed E-state index contributed by atoms with van der Waals surface area (Å²) >= 11 is 0. The van der Waals surface area contributed by atoms with Crippen molar-refractivity contribution < 1.29 is 4.79 Å². The van der Waals surface area contributed by atoms with Gasteiger partial charge in [0.1, 0.15) is 12.1 Å². The Bertz CT molecular complexity index is 562. The lowest BCUT2D eigenvalue weighted by Gasteiger charge is -2.05. The van der Waals surface area contributed by atoms with Gasteiger partial charge in [-0.1, -0.05) is 0 Å². The van der Waals surface area contributed by atoms with Gasteiger partial charge in [0.25, 0.3) is 5.91 Å². The zero-order chi connectivity index (χ0) is 12.4. The van der Waals surface area contributed by atoms with E-state index in [2.05, 4.69) is 20.4 Å². The topological polar surface area (TPSA) is 98.7 Å². The van der Waals surface area contributed by atoms with Gasteiger partial charge in [-0.05, 0) is 13.0 Å². The van der Waals surface area contributed by atoms with E-state index in [1.165, 1.54) is 11.0 Å². The molecule has 0 bridgehead atoms. The van der Waals surface area contributed by atoms with Crippen LogP contribution in [0.4, 0.5) is 5.82 Å². The molecule has 0 atom stereocenters. The molecule has 3 N–H and O–H groups in total. The van der Waals surface area contributed by atoms with Gasteiger partial charge < -0.3 is 11.1 Å². The van der Waals surface area contributed by atoms with Crippen LogP contribution >= 0.6 is 0 Å². The third-order valence-electron chi connectivity index (χ3n) is 2.36. The van der Waals surface area contributed by atoms with E-state index in [0.717, 1.165) is 5.56 Å². The third-order valence-corrected chi connectivity index (χ3v) is 2.36. The molecule has 17 heavy (non-hydrogen) atoms. The summed E-state index contributed by atoms with van der Waals surface area (Å²) in [5, 5.41) is 6.61. The van der Waals surface area contributed by atoms with Crippen LogP contribution < -0.4 is 11.1 Å². The summed E-state index contributed by atoms with van der Waals surface area (Å²) in [7, 11) is 1.55. The maximum absolute atomic E-state index is 11.4. The van der Waals surface area contributed by atoms with Crippen LogP contribution in [0.3, 0.4) is 0 Å². The van der Waals surface area contributed by atoms with Crippen molar-refractivity contribution in [3.63, 3.8) is 0 Å². The maximum Gasteiger partial charge on any atom is 0.271 e. The summed E-state index contributed by atoms with van der Waals surface area (Å²) in [6, 6.07) is 1.61.